The highest BCUT2D eigenvalue weighted by molar-refractivity contribution is 5.95. The van der Waals surface area contributed by atoms with Gasteiger partial charge in [0, 0.05) is 24.2 Å². The number of ether oxygens (including phenoxy) is 2. The summed E-state index contributed by atoms with van der Waals surface area (Å²) in [6.45, 7) is 3.22. The molecule has 1 aromatic heterocycles. The Kier molecular flexibility index (Phi) is 5.20. The zero-order chi connectivity index (χ0) is 20.4. The predicted octanol–water partition coefficient (Wildman–Crippen LogP) is 3.69. The molecule has 7 nitrogen and oxygen atoms in total. The summed E-state index contributed by atoms with van der Waals surface area (Å²) in [5.41, 5.74) is 2.63. The van der Waals surface area contributed by atoms with Crippen molar-refractivity contribution < 1.29 is 18.7 Å². The van der Waals surface area contributed by atoms with Gasteiger partial charge in [-0.1, -0.05) is 17.7 Å². The Hall–Kier alpha value is -3.35. The van der Waals surface area contributed by atoms with Gasteiger partial charge in [0.25, 0.3) is 5.91 Å². The second kappa shape index (κ2) is 7.95. The summed E-state index contributed by atoms with van der Waals surface area (Å²) in [5, 5.41) is 8.40. The van der Waals surface area contributed by atoms with Crippen LogP contribution in [0.5, 0.6) is 11.5 Å². The highest BCUT2D eigenvalue weighted by atomic mass is 16.5. The third-order valence-corrected chi connectivity index (χ3v) is 5.19. The number of aromatic nitrogens is 2. The van der Waals surface area contributed by atoms with Crippen LogP contribution >= 0.6 is 0 Å². The van der Waals surface area contributed by atoms with Gasteiger partial charge in [0.05, 0.1) is 20.1 Å². The molecule has 1 fully saturated rings. The summed E-state index contributed by atoms with van der Waals surface area (Å²) in [5.74, 6) is 2.19. The van der Waals surface area contributed by atoms with Crippen molar-refractivity contribution in [3.63, 3.8) is 0 Å². The van der Waals surface area contributed by atoms with Gasteiger partial charge in [0.15, 0.2) is 11.5 Å². The molecule has 0 saturated carbocycles. The van der Waals surface area contributed by atoms with E-state index >= 15 is 0 Å². The van der Waals surface area contributed by atoms with Gasteiger partial charge in [-0.2, -0.15) is 0 Å². The van der Waals surface area contributed by atoms with E-state index < -0.39 is 0 Å². The first-order valence-corrected chi connectivity index (χ1v) is 9.50. The molecule has 29 heavy (non-hydrogen) atoms. The van der Waals surface area contributed by atoms with Gasteiger partial charge in [-0.15, -0.1) is 10.2 Å². The molecule has 1 atom stereocenters. The summed E-state index contributed by atoms with van der Waals surface area (Å²) in [6.07, 6.45) is 0.786. The van der Waals surface area contributed by atoms with Crippen molar-refractivity contribution >= 4 is 5.91 Å². The van der Waals surface area contributed by atoms with Gasteiger partial charge in [0.2, 0.25) is 11.8 Å². The fraction of sp³-hybridized carbons (Fsp3) is 0.318. The number of benzene rings is 2. The maximum absolute atomic E-state index is 12.9. The molecule has 4 rings (SSSR count). The third-order valence-electron chi connectivity index (χ3n) is 5.19. The molecular formula is C22H23N3O4. The molecule has 7 heteroatoms. The van der Waals surface area contributed by atoms with Crippen molar-refractivity contribution in [1.29, 1.82) is 0 Å². The van der Waals surface area contributed by atoms with Crippen molar-refractivity contribution in [2.45, 2.75) is 19.3 Å². The van der Waals surface area contributed by atoms with Crippen molar-refractivity contribution in [3.05, 3.63) is 59.5 Å². The Morgan fingerprint density at radius 2 is 1.83 bits per heavy atom. The van der Waals surface area contributed by atoms with E-state index in [1.165, 1.54) is 5.56 Å². The van der Waals surface area contributed by atoms with Gasteiger partial charge < -0.3 is 18.8 Å². The predicted molar refractivity (Wildman–Crippen MR) is 107 cm³/mol. The molecule has 1 amide bonds. The lowest BCUT2D eigenvalue weighted by Gasteiger charge is -2.17. The lowest BCUT2D eigenvalue weighted by atomic mass is 10.1. The highest BCUT2D eigenvalue weighted by Gasteiger charge is 2.31. The molecule has 0 bridgehead atoms. The van der Waals surface area contributed by atoms with Gasteiger partial charge in [-0.05, 0) is 43.7 Å². The average Bonchev–Trinajstić information content (AvgIpc) is 3.43. The minimum Gasteiger partial charge on any atom is -0.493 e. The van der Waals surface area contributed by atoms with Gasteiger partial charge in [-0.25, -0.2) is 0 Å². The largest absolute Gasteiger partial charge is 0.493 e. The summed E-state index contributed by atoms with van der Waals surface area (Å²) in [6, 6.07) is 13.2. The number of amides is 1. The van der Waals surface area contributed by atoms with Crippen molar-refractivity contribution in [1.82, 2.24) is 15.1 Å². The second-order valence-electron chi connectivity index (χ2n) is 7.12. The molecule has 0 radical (unpaired) electrons. The van der Waals surface area contributed by atoms with E-state index in [1.807, 2.05) is 36.1 Å². The Bertz CT molecular complexity index is 1010. The topological polar surface area (TPSA) is 77.7 Å². The van der Waals surface area contributed by atoms with Gasteiger partial charge in [0.1, 0.15) is 0 Å². The quantitative estimate of drug-likeness (QED) is 0.658. The number of aryl methyl sites for hydroxylation is 1. The molecule has 2 aromatic carbocycles. The number of hydrogen-bond acceptors (Lipinski definition) is 6. The Morgan fingerprint density at radius 3 is 2.55 bits per heavy atom. The number of carbonyl (C=O) groups excluding carboxylic acids is 1. The lowest BCUT2D eigenvalue weighted by Crippen LogP contribution is -2.28. The van der Waals surface area contributed by atoms with Crippen LogP contribution in [0, 0.1) is 6.92 Å². The molecule has 0 aliphatic carbocycles. The summed E-state index contributed by atoms with van der Waals surface area (Å²) in [7, 11) is 3.12. The number of hydrogen-bond donors (Lipinski definition) is 0. The lowest BCUT2D eigenvalue weighted by molar-refractivity contribution is 0.0789. The molecule has 3 aromatic rings. The second-order valence-corrected chi connectivity index (χ2v) is 7.12. The molecule has 0 N–H and O–H groups in total. The number of methoxy groups -OCH3 is 2. The standard InChI is InChI=1S/C22H23N3O4/c1-14-4-6-15(7-5-14)20-23-24-21(29-20)17-10-11-25(13-17)22(26)16-8-9-18(27-2)19(12-16)28-3/h4-9,12,17H,10-11,13H2,1-3H3/t17-/m0/s1. The Balaban J connectivity index is 1.47. The maximum atomic E-state index is 12.9. The van der Waals surface area contributed by atoms with Crippen molar-refractivity contribution in [2.24, 2.45) is 0 Å². The van der Waals surface area contributed by atoms with Crippen LogP contribution in [-0.4, -0.2) is 48.3 Å². The van der Waals surface area contributed by atoms with Crippen LogP contribution in [0.2, 0.25) is 0 Å². The molecule has 1 saturated heterocycles. The number of nitrogens with zero attached hydrogens (tertiary/aromatic N) is 3. The number of likely N-dealkylation sites (tertiary alicyclic amines) is 1. The highest BCUT2D eigenvalue weighted by Crippen LogP contribution is 2.32. The number of carbonyl (C=O) groups is 1. The first kappa shape index (κ1) is 19.0. The summed E-state index contributed by atoms with van der Waals surface area (Å²) in [4.78, 5) is 14.7. The molecule has 2 heterocycles. The first-order chi connectivity index (χ1) is 14.1. The van der Waals surface area contributed by atoms with Crippen LogP contribution in [0.15, 0.2) is 46.9 Å². The van der Waals surface area contributed by atoms with Crippen LogP contribution in [-0.2, 0) is 0 Å². The van der Waals surface area contributed by atoms with E-state index in [0.29, 0.717) is 41.9 Å². The van der Waals surface area contributed by atoms with Crippen LogP contribution < -0.4 is 9.47 Å². The van der Waals surface area contributed by atoms with E-state index in [-0.39, 0.29) is 11.8 Å². The van der Waals surface area contributed by atoms with Crippen LogP contribution in [0.25, 0.3) is 11.5 Å². The van der Waals surface area contributed by atoms with E-state index in [0.717, 1.165) is 12.0 Å². The molecule has 0 spiro atoms. The molecule has 1 aliphatic heterocycles. The van der Waals surface area contributed by atoms with E-state index in [9.17, 15) is 4.79 Å². The van der Waals surface area contributed by atoms with Crippen molar-refractivity contribution in [3.8, 4) is 23.0 Å². The zero-order valence-corrected chi connectivity index (χ0v) is 16.7. The van der Waals surface area contributed by atoms with Crippen molar-refractivity contribution in [2.75, 3.05) is 27.3 Å². The fourth-order valence-electron chi connectivity index (χ4n) is 3.51. The van der Waals surface area contributed by atoms with Crippen LogP contribution in [0.4, 0.5) is 0 Å². The SMILES string of the molecule is COc1ccc(C(=O)N2CC[C@H](c3nnc(-c4ccc(C)cc4)o3)C2)cc1OC. The Labute approximate surface area is 169 Å². The first-order valence-electron chi connectivity index (χ1n) is 9.50. The number of rotatable bonds is 5. The minimum absolute atomic E-state index is 0.0331. The molecule has 150 valence electrons. The minimum atomic E-state index is -0.0493. The van der Waals surface area contributed by atoms with E-state index in [1.54, 1.807) is 32.4 Å². The van der Waals surface area contributed by atoms with Gasteiger partial charge in [-0.3, -0.25) is 4.79 Å². The monoisotopic (exact) mass is 393 g/mol. The van der Waals surface area contributed by atoms with E-state index in [2.05, 4.69) is 10.2 Å². The summed E-state index contributed by atoms with van der Waals surface area (Å²) >= 11 is 0. The zero-order valence-electron chi connectivity index (χ0n) is 16.7. The maximum Gasteiger partial charge on any atom is 0.254 e. The van der Waals surface area contributed by atoms with E-state index in [4.69, 9.17) is 13.9 Å². The van der Waals surface area contributed by atoms with Crippen LogP contribution in [0.3, 0.4) is 0 Å². The molecular weight excluding hydrogens is 370 g/mol. The van der Waals surface area contributed by atoms with Crippen LogP contribution in [0.1, 0.15) is 34.2 Å². The molecule has 1 aliphatic rings. The van der Waals surface area contributed by atoms with Gasteiger partial charge >= 0.3 is 0 Å². The summed E-state index contributed by atoms with van der Waals surface area (Å²) < 4.78 is 16.4. The molecule has 0 unspecified atom stereocenters. The normalized spacial score (nSPS) is 16.1. The Morgan fingerprint density at radius 1 is 1.07 bits per heavy atom. The third kappa shape index (κ3) is 3.81. The fourth-order valence-corrected chi connectivity index (χ4v) is 3.51. The average molecular weight is 393 g/mol. The smallest absolute Gasteiger partial charge is 0.254 e.